The second-order valence-corrected chi connectivity index (χ2v) is 1.75. The summed E-state index contributed by atoms with van der Waals surface area (Å²) in [6.07, 6.45) is 0. The van der Waals surface area contributed by atoms with Crippen LogP contribution in [0.25, 0.3) is 0 Å². The SMILES string of the molecule is BC(=O)C(C)BN. The van der Waals surface area contributed by atoms with Crippen LogP contribution in [-0.4, -0.2) is 20.9 Å². The summed E-state index contributed by atoms with van der Waals surface area (Å²) in [6, 6.07) is 0. The molecule has 0 heterocycles. The maximum absolute atomic E-state index is 10.3. The topological polar surface area (TPSA) is 43.1 Å². The van der Waals surface area contributed by atoms with Crippen molar-refractivity contribution in [2.75, 3.05) is 0 Å². The zero-order chi connectivity index (χ0) is 5.86. The summed E-state index contributed by atoms with van der Waals surface area (Å²) in [4.78, 5) is 10.3. The molecule has 0 aromatic rings. The summed E-state index contributed by atoms with van der Waals surface area (Å²) in [7, 11) is 2.02. The number of hydrogen-bond acceptors (Lipinski definition) is 2. The molecule has 2 N–H and O–H groups in total. The van der Waals surface area contributed by atoms with Crippen LogP contribution < -0.4 is 5.64 Å². The Balaban J connectivity index is 3.34. The highest BCUT2D eigenvalue weighted by atomic mass is 16.1. The third kappa shape index (κ3) is 2.45. The van der Waals surface area contributed by atoms with E-state index in [9.17, 15) is 4.79 Å². The van der Waals surface area contributed by atoms with Gasteiger partial charge in [0.05, 0.1) is 5.68 Å². The molecule has 1 unspecified atom stereocenters. The lowest BCUT2D eigenvalue weighted by Crippen LogP contribution is -2.18. The highest BCUT2D eigenvalue weighted by Gasteiger charge is 2.03. The Labute approximate surface area is 45.1 Å². The minimum absolute atomic E-state index is 0.0417. The molecule has 0 spiro atoms. The largest absolute Gasteiger partial charge is 0.372 e. The average Bonchev–Trinajstić information content (AvgIpc) is 1.65. The van der Waals surface area contributed by atoms with Gasteiger partial charge in [0.25, 0.3) is 0 Å². The maximum Gasteiger partial charge on any atom is 0.208 e. The fourth-order valence-electron chi connectivity index (χ4n) is 0.166. The molecule has 0 saturated carbocycles. The minimum atomic E-state index is 0.0417. The summed E-state index contributed by atoms with van der Waals surface area (Å²) < 4.78 is 0. The van der Waals surface area contributed by atoms with Crippen LogP contribution in [0.3, 0.4) is 0 Å². The number of nitrogens with two attached hydrogens (primary N) is 1. The number of hydrogen-bond donors (Lipinski definition) is 1. The van der Waals surface area contributed by atoms with Crippen LogP contribution in [0.1, 0.15) is 6.92 Å². The summed E-state index contributed by atoms with van der Waals surface area (Å²) in [5.41, 5.74) is 5.32. The minimum Gasteiger partial charge on any atom is -0.372 e. The van der Waals surface area contributed by atoms with Gasteiger partial charge in [-0.15, -0.1) is 0 Å². The first-order valence-electron chi connectivity index (χ1n) is 2.39. The molecule has 1 atom stereocenters. The second kappa shape index (κ2) is 2.86. The van der Waals surface area contributed by atoms with Crippen molar-refractivity contribution < 1.29 is 4.79 Å². The van der Waals surface area contributed by atoms with E-state index in [1.807, 2.05) is 6.92 Å². The lowest BCUT2D eigenvalue weighted by molar-refractivity contribution is -0.111. The highest BCUT2D eigenvalue weighted by Crippen LogP contribution is 1.93. The molecule has 0 radical (unpaired) electrons. The molecule has 0 aliphatic rings. The Hall–Kier alpha value is -0.240. The molecular formula is C3H9B2NO. The first-order chi connectivity index (χ1) is 3.18. The van der Waals surface area contributed by atoms with Crippen LogP contribution in [-0.2, 0) is 4.79 Å². The Morgan fingerprint density at radius 3 is 2.43 bits per heavy atom. The van der Waals surface area contributed by atoms with Gasteiger partial charge in [0.2, 0.25) is 7.41 Å². The number of rotatable bonds is 2. The van der Waals surface area contributed by atoms with E-state index < -0.39 is 0 Å². The standard InChI is InChI=1S/C3H9B2NO/c1-2(5-6)3(4)7/h2,5H,4,6H2,1H3. The van der Waals surface area contributed by atoms with Gasteiger partial charge in [0.1, 0.15) is 0 Å². The van der Waals surface area contributed by atoms with Crippen molar-refractivity contribution in [1.29, 1.82) is 0 Å². The van der Waals surface area contributed by atoms with Gasteiger partial charge in [0, 0.05) is 0 Å². The van der Waals surface area contributed by atoms with Crippen LogP contribution >= 0.6 is 0 Å². The van der Waals surface area contributed by atoms with Crippen molar-refractivity contribution in [3.05, 3.63) is 0 Å². The monoisotopic (exact) mass is 97.1 g/mol. The summed E-state index contributed by atoms with van der Waals surface area (Å²) >= 11 is 0. The van der Waals surface area contributed by atoms with E-state index in [0.717, 1.165) is 0 Å². The van der Waals surface area contributed by atoms with E-state index in [0.29, 0.717) is 7.41 Å². The Morgan fingerprint density at radius 2 is 2.43 bits per heavy atom. The maximum atomic E-state index is 10.3. The summed E-state index contributed by atoms with van der Waals surface area (Å²) in [6.45, 7) is 1.82. The van der Waals surface area contributed by atoms with Gasteiger partial charge >= 0.3 is 0 Å². The first kappa shape index (κ1) is 6.76. The zero-order valence-corrected chi connectivity index (χ0v) is 4.77. The van der Waals surface area contributed by atoms with Crippen molar-refractivity contribution in [2.24, 2.45) is 5.64 Å². The van der Waals surface area contributed by atoms with Crippen molar-refractivity contribution >= 4 is 20.9 Å². The first-order valence-corrected chi connectivity index (χ1v) is 2.39. The van der Waals surface area contributed by atoms with E-state index in [1.54, 1.807) is 7.85 Å². The molecule has 0 aromatic heterocycles. The zero-order valence-electron chi connectivity index (χ0n) is 4.77. The molecule has 4 heteroatoms. The van der Waals surface area contributed by atoms with Crippen LogP contribution in [0.4, 0.5) is 0 Å². The molecule has 0 aliphatic heterocycles. The normalized spacial score (nSPS) is 12.9. The lowest BCUT2D eigenvalue weighted by Gasteiger charge is -1.96. The number of carbonyl (C=O) groups excluding carboxylic acids is 1. The van der Waals surface area contributed by atoms with Crippen molar-refractivity contribution in [3.8, 4) is 0 Å². The predicted molar refractivity (Wildman–Crippen MR) is 34.3 cm³/mol. The number of carbonyl (C=O) groups is 1. The molecule has 0 saturated heterocycles. The van der Waals surface area contributed by atoms with Gasteiger partial charge in [-0.25, -0.2) is 0 Å². The quantitative estimate of drug-likeness (QED) is 0.415. The molecule has 38 valence electrons. The average molecular weight is 96.7 g/mol. The molecule has 0 amide bonds. The molecule has 0 fully saturated rings. The molecule has 0 rings (SSSR count). The second-order valence-electron chi connectivity index (χ2n) is 1.75. The molecule has 7 heavy (non-hydrogen) atoms. The van der Waals surface area contributed by atoms with Gasteiger partial charge in [-0.2, -0.15) is 0 Å². The lowest BCUT2D eigenvalue weighted by atomic mass is 9.70. The van der Waals surface area contributed by atoms with Gasteiger partial charge < -0.3 is 10.4 Å². The van der Waals surface area contributed by atoms with Crippen molar-refractivity contribution in [2.45, 2.75) is 12.7 Å². The molecular weight excluding hydrogens is 87.7 g/mol. The van der Waals surface area contributed by atoms with E-state index in [1.165, 1.54) is 0 Å². The van der Waals surface area contributed by atoms with Gasteiger partial charge in [-0.05, 0) is 5.82 Å². The van der Waals surface area contributed by atoms with Crippen molar-refractivity contribution in [3.63, 3.8) is 0 Å². The fraction of sp³-hybridized carbons (Fsp3) is 0.667. The van der Waals surface area contributed by atoms with Crippen LogP contribution in [0, 0.1) is 0 Å². The van der Waals surface area contributed by atoms with E-state index >= 15 is 0 Å². The van der Waals surface area contributed by atoms with Crippen LogP contribution in [0.15, 0.2) is 0 Å². The smallest absolute Gasteiger partial charge is 0.208 e. The predicted octanol–water partition coefficient (Wildman–Crippen LogP) is -1.74. The molecule has 0 aromatic carbocycles. The van der Waals surface area contributed by atoms with Crippen molar-refractivity contribution in [1.82, 2.24) is 0 Å². The summed E-state index contributed by atoms with van der Waals surface area (Å²) in [5, 5.41) is 0. The Bertz CT molecular complexity index is 75.3. The highest BCUT2D eigenvalue weighted by molar-refractivity contribution is 6.65. The fourth-order valence-corrected chi connectivity index (χ4v) is 0.166. The van der Waals surface area contributed by atoms with Gasteiger partial charge in [0.15, 0.2) is 7.85 Å². The van der Waals surface area contributed by atoms with E-state index in [4.69, 9.17) is 5.64 Å². The third-order valence-corrected chi connectivity index (χ3v) is 1.05. The van der Waals surface area contributed by atoms with Crippen LogP contribution in [0.5, 0.6) is 0 Å². The molecule has 0 bridgehead atoms. The van der Waals surface area contributed by atoms with E-state index in [-0.39, 0.29) is 11.5 Å². The Morgan fingerprint density at radius 1 is 2.00 bits per heavy atom. The van der Waals surface area contributed by atoms with Gasteiger partial charge in [-0.1, -0.05) is 6.92 Å². The van der Waals surface area contributed by atoms with Crippen LogP contribution in [0.2, 0.25) is 5.82 Å². The third-order valence-electron chi connectivity index (χ3n) is 1.05. The molecule has 0 aliphatic carbocycles. The summed E-state index contributed by atoms with van der Waals surface area (Å²) in [5.74, 6) is 0.0417. The van der Waals surface area contributed by atoms with Gasteiger partial charge in [-0.3, -0.25) is 0 Å². The Kier molecular flexibility index (Phi) is 2.76. The van der Waals surface area contributed by atoms with E-state index in [2.05, 4.69) is 0 Å². The molecule has 2 nitrogen and oxygen atoms in total.